The van der Waals surface area contributed by atoms with Crippen LogP contribution in [0.2, 0.25) is 0 Å². The van der Waals surface area contributed by atoms with E-state index >= 15 is 0 Å². The number of unbranched alkanes of at least 4 members (excludes halogenated alkanes) is 4. The maximum absolute atomic E-state index is 14.9. The third-order valence-corrected chi connectivity index (χ3v) is 23.7. The topological polar surface area (TPSA) is 621 Å². The second kappa shape index (κ2) is 60.9. The predicted octanol–water partition coefficient (Wildman–Crippen LogP) is -0.305. The van der Waals surface area contributed by atoms with E-state index in [2.05, 4.69) is 74.4 Å². The fourth-order valence-electron chi connectivity index (χ4n) is 15.3. The fourth-order valence-corrected chi connectivity index (χ4v) is 15.3. The summed E-state index contributed by atoms with van der Waals surface area (Å²) < 4.78 is 0. The number of nitrogens with one attached hydrogen (secondary N) is 14. The summed E-state index contributed by atoms with van der Waals surface area (Å²) in [6.45, 7) is 18.8. The molecule has 38 heteroatoms. The van der Waals surface area contributed by atoms with Crippen molar-refractivity contribution in [1.29, 1.82) is 0 Å². The van der Waals surface area contributed by atoms with Gasteiger partial charge in [0.15, 0.2) is 0 Å². The molecule has 0 unspecified atom stereocenters. The lowest BCUT2D eigenvalue weighted by atomic mass is 9.94. The second-order valence-electron chi connectivity index (χ2n) is 35.5. The lowest BCUT2D eigenvalue weighted by Gasteiger charge is -2.32. The average molecular weight is 1850 g/mol. The van der Waals surface area contributed by atoms with Crippen LogP contribution in [0, 0.1) is 29.6 Å². The summed E-state index contributed by atoms with van der Waals surface area (Å²) in [6.07, 6.45) is 5.15. The van der Waals surface area contributed by atoms with Gasteiger partial charge in [-0.1, -0.05) is 179 Å². The number of hydrogen-bond acceptors (Lipinski definition) is 22. The van der Waals surface area contributed by atoms with Crippen molar-refractivity contribution in [2.45, 2.75) is 308 Å². The summed E-state index contributed by atoms with van der Waals surface area (Å²) in [6, 6.07) is 7.09. The number of carbonyl (C=O) groups excluding carboxylic acids is 16. The van der Waals surface area contributed by atoms with Gasteiger partial charge in [0.25, 0.3) is 0 Å². The molecule has 18 atom stereocenters. The van der Waals surface area contributed by atoms with Gasteiger partial charge in [-0.15, -0.1) is 0 Å². The van der Waals surface area contributed by atoms with E-state index in [1.807, 2.05) is 27.7 Å². The van der Waals surface area contributed by atoms with E-state index in [-0.39, 0.29) is 109 Å². The van der Waals surface area contributed by atoms with Gasteiger partial charge in [-0.05, 0) is 182 Å². The van der Waals surface area contributed by atoms with E-state index in [0.717, 1.165) is 0 Å². The molecule has 0 spiro atoms. The van der Waals surface area contributed by atoms with Crippen LogP contribution in [-0.4, -0.2) is 241 Å². The number of benzene rings is 3. The van der Waals surface area contributed by atoms with Gasteiger partial charge in [0, 0.05) is 25.8 Å². The molecule has 0 bridgehead atoms. The molecule has 0 aliphatic carbocycles. The van der Waals surface area contributed by atoms with Crippen LogP contribution in [0.1, 0.15) is 215 Å². The van der Waals surface area contributed by atoms with Crippen LogP contribution in [0.5, 0.6) is 0 Å². The Labute approximate surface area is 777 Å². The van der Waals surface area contributed by atoms with Crippen molar-refractivity contribution < 1.29 is 81.8 Å². The van der Waals surface area contributed by atoms with Crippen molar-refractivity contribution in [3.05, 3.63) is 108 Å². The Hall–Kier alpha value is -11.1. The first-order valence-electron chi connectivity index (χ1n) is 47.0. The molecule has 736 valence electrons. The van der Waals surface area contributed by atoms with Crippen LogP contribution in [-0.2, 0) is 96.0 Å². The Kier molecular flexibility index (Phi) is 52.2. The van der Waals surface area contributed by atoms with E-state index in [4.69, 9.17) is 34.4 Å². The third-order valence-electron chi connectivity index (χ3n) is 23.7. The zero-order chi connectivity index (χ0) is 98.1. The van der Waals surface area contributed by atoms with E-state index in [1.165, 1.54) is 11.8 Å². The maximum Gasteiger partial charge on any atom is 0.248 e. The van der Waals surface area contributed by atoms with Crippen molar-refractivity contribution in [2.24, 2.45) is 64.0 Å². The number of nitrogens with zero attached hydrogens (tertiary/aromatic N) is 1. The van der Waals surface area contributed by atoms with E-state index in [9.17, 15) is 81.8 Å². The smallest absolute Gasteiger partial charge is 0.248 e. The molecular weight excluding hydrogens is 1700 g/mol. The minimum absolute atomic E-state index is 0.00355. The van der Waals surface area contributed by atoms with Crippen molar-refractivity contribution in [2.75, 3.05) is 45.9 Å². The van der Waals surface area contributed by atoms with Crippen LogP contribution >= 0.6 is 0 Å². The number of aliphatic hydroxyl groups is 1. The Morgan fingerprint density at radius 3 is 1.02 bits per heavy atom. The Balaban J connectivity index is 1.53. The van der Waals surface area contributed by atoms with Crippen LogP contribution < -0.4 is 109 Å². The highest BCUT2D eigenvalue weighted by Gasteiger charge is 2.43. The molecule has 16 amide bonds. The van der Waals surface area contributed by atoms with Crippen molar-refractivity contribution >= 4 is 94.5 Å². The number of nitrogens with two attached hydrogens (primary N) is 6. The molecule has 38 nitrogen and oxygen atoms in total. The monoisotopic (exact) mass is 1850 g/mol. The summed E-state index contributed by atoms with van der Waals surface area (Å²) in [5.74, 6) is -14.5. The first-order valence-corrected chi connectivity index (χ1v) is 47.0. The first-order chi connectivity index (χ1) is 62.9. The summed E-state index contributed by atoms with van der Waals surface area (Å²) in [5, 5.41) is 49.4. The molecular formula is C94H153N21O17. The fraction of sp³-hybridized carbons (Fsp3) is 0.638. The number of aliphatic hydroxyl groups excluding tert-OH is 1. The van der Waals surface area contributed by atoms with E-state index < -0.39 is 216 Å². The van der Waals surface area contributed by atoms with Gasteiger partial charge in [-0.2, -0.15) is 0 Å². The van der Waals surface area contributed by atoms with Gasteiger partial charge in [-0.25, -0.2) is 0 Å². The molecule has 1 saturated heterocycles. The van der Waals surface area contributed by atoms with Crippen LogP contribution in [0.4, 0.5) is 0 Å². The Morgan fingerprint density at radius 1 is 0.348 bits per heavy atom. The number of carbonyl (C=O) groups is 16. The molecule has 0 radical (unpaired) electrons. The second-order valence-corrected chi connectivity index (χ2v) is 35.5. The van der Waals surface area contributed by atoms with Gasteiger partial charge in [0.2, 0.25) is 94.5 Å². The van der Waals surface area contributed by atoms with Crippen LogP contribution in [0.3, 0.4) is 0 Å². The lowest BCUT2D eigenvalue weighted by molar-refractivity contribution is -0.143. The molecule has 132 heavy (non-hydrogen) atoms. The van der Waals surface area contributed by atoms with Crippen molar-refractivity contribution in [3.8, 4) is 0 Å². The maximum atomic E-state index is 14.9. The van der Waals surface area contributed by atoms with Gasteiger partial charge in [-0.3, -0.25) is 76.7 Å². The van der Waals surface area contributed by atoms with Crippen LogP contribution in [0.15, 0.2) is 91.0 Å². The summed E-state index contributed by atoms with van der Waals surface area (Å²) in [4.78, 5) is 230. The largest absolute Gasteiger partial charge is 0.394 e. The normalized spacial score (nSPS) is 16.4. The highest BCUT2D eigenvalue weighted by atomic mass is 16.3. The molecule has 3 aromatic rings. The zero-order valence-corrected chi connectivity index (χ0v) is 79.1. The summed E-state index contributed by atoms with van der Waals surface area (Å²) in [5.41, 5.74) is 36.8. The standard InChI is InChI=1S/C94H153N21O17/c1-12-58(8)77(113-89(127)70(50-57(6)7)107-82(120)66(40-25-29-45-96)105-88(126)73(53-64-37-22-17-23-38-64)109-86(124)71(102-76(117)54-99)51-62-33-18-15-19-34-62)91(129)101-61(11)81(119)104-68(42-27-31-47-98)84(122)112-79(60(10)14-3)93(131)114-78(59(9)13-2)92(130)106-67(41-26-30-46-97)83(121)111-74(55-116)94(132)115-48-32-43-75(115)90(128)110-69(49-56(4)5)85(123)108-72(52-63-35-20-16-21-36-63)87(125)103-65(80(100)118)39-24-28-44-95/h15-23,33-38,56-61,65-75,77-79,116H,12-14,24-32,39-55,95-99H2,1-11H3,(H2,100,118)(H,101,129)(H,102,117)(H,103,125)(H,104,119)(H,105,126)(H,106,130)(H,107,120)(H,108,123)(H,109,124)(H,110,128)(H,111,121)(H,112,122)(H,113,127)(H,114,131)/t58-,59-,60-,61-,65-,66-,67-,68-,69-,70-,71-,72-,73-,74-,75-,77-,78-,79-/m0/s1. The van der Waals surface area contributed by atoms with E-state index in [0.29, 0.717) is 93.9 Å². The SMILES string of the molecule is CC[C@H](C)[C@H](NC(=O)[C@H](CC(C)C)NC(=O)[C@H](CCCCN)NC(=O)[C@H](Cc1ccccc1)NC(=O)[C@H](Cc1ccccc1)NC(=O)CN)C(=O)N[C@@H](C)C(=O)N[C@@H](CCCCN)C(=O)N[C@H](C(=O)N[C@H](C(=O)N[C@@H](CCCCN)C(=O)N[C@@H](CO)C(=O)N1CCC[C@H]1C(=O)N[C@@H](CC(C)C)C(=O)N[C@@H](Cc1ccccc1)C(=O)N[C@@H](CCCCN)C(N)=O)[C@@H](C)CC)[C@@H](C)CC. The predicted molar refractivity (Wildman–Crippen MR) is 502 cm³/mol. The van der Waals surface area contributed by atoms with Gasteiger partial charge in [0.05, 0.1) is 13.2 Å². The minimum Gasteiger partial charge on any atom is -0.394 e. The third kappa shape index (κ3) is 39.4. The Bertz CT molecular complexity index is 4140. The first kappa shape index (κ1) is 113. The van der Waals surface area contributed by atoms with E-state index in [1.54, 1.807) is 133 Å². The van der Waals surface area contributed by atoms with Gasteiger partial charge >= 0.3 is 0 Å². The number of primary amides is 1. The molecule has 1 aliphatic rings. The van der Waals surface area contributed by atoms with Gasteiger partial charge < -0.3 is 119 Å². The molecule has 0 saturated carbocycles. The molecule has 4 rings (SSSR count). The quantitative estimate of drug-likeness (QED) is 0.0323. The number of rotatable bonds is 63. The van der Waals surface area contributed by atoms with Crippen molar-refractivity contribution in [3.63, 3.8) is 0 Å². The average Bonchev–Trinajstić information content (AvgIpc) is 1.20. The minimum atomic E-state index is -1.66. The molecule has 1 fully saturated rings. The highest BCUT2D eigenvalue weighted by Crippen LogP contribution is 2.23. The van der Waals surface area contributed by atoms with Crippen molar-refractivity contribution in [1.82, 2.24) is 79.3 Å². The summed E-state index contributed by atoms with van der Waals surface area (Å²) in [7, 11) is 0. The zero-order valence-electron chi connectivity index (χ0n) is 79.1. The summed E-state index contributed by atoms with van der Waals surface area (Å²) >= 11 is 0. The lowest BCUT2D eigenvalue weighted by Crippen LogP contribution is -2.62. The van der Waals surface area contributed by atoms with Crippen LogP contribution in [0.25, 0.3) is 0 Å². The number of likely N-dealkylation sites (tertiary alicyclic amines) is 1. The molecule has 0 aromatic heterocycles. The van der Waals surface area contributed by atoms with Gasteiger partial charge in [0.1, 0.15) is 90.6 Å². The molecule has 1 aliphatic heterocycles. The highest BCUT2D eigenvalue weighted by molar-refractivity contribution is 6.01. The Morgan fingerprint density at radius 2 is 0.644 bits per heavy atom. The number of amides is 16. The number of hydrogen-bond donors (Lipinski definition) is 21. The molecule has 3 aromatic carbocycles. The molecule has 27 N–H and O–H groups in total. The molecule has 1 heterocycles.